The van der Waals surface area contributed by atoms with E-state index in [-0.39, 0.29) is 0 Å². The topological polar surface area (TPSA) is 45.6 Å². The van der Waals surface area contributed by atoms with Crippen LogP contribution in [0.3, 0.4) is 0 Å². The van der Waals surface area contributed by atoms with Gasteiger partial charge in [-0.2, -0.15) is 5.10 Å². The Bertz CT molecular complexity index is 686. The van der Waals surface area contributed by atoms with E-state index in [2.05, 4.69) is 15.8 Å². The van der Waals surface area contributed by atoms with Crippen molar-refractivity contribution in [2.24, 2.45) is 5.10 Å². The first-order valence-corrected chi connectivity index (χ1v) is 7.38. The Balaban J connectivity index is 1.96. The van der Waals surface area contributed by atoms with Gasteiger partial charge in [0.25, 0.3) is 0 Å². The average Bonchev–Trinajstić information content (AvgIpc) is 2.53. The van der Waals surface area contributed by atoms with Crippen LogP contribution in [0, 0.1) is 0 Å². The number of nitrogens with one attached hydrogen (secondary N) is 2. The summed E-state index contributed by atoms with van der Waals surface area (Å²) >= 11 is 11.1. The largest absolute Gasteiger partial charge is 0.497 e. The molecular formula is C16H16ClN3OS. The quantitative estimate of drug-likeness (QED) is 0.503. The van der Waals surface area contributed by atoms with Crippen LogP contribution >= 0.6 is 23.8 Å². The molecule has 0 atom stereocenters. The summed E-state index contributed by atoms with van der Waals surface area (Å²) in [6, 6.07) is 14.9. The van der Waals surface area contributed by atoms with Crippen LogP contribution in [0.25, 0.3) is 0 Å². The molecule has 0 spiro atoms. The van der Waals surface area contributed by atoms with Gasteiger partial charge in [0.05, 0.1) is 12.8 Å². The van der Waals surface area contributed by atoms with Crippen LogP contribution in [0.1, 0.15) is 12.5 Å². The third kappa shape index (κ3) is 4.72. The minimum absolute atomic E-state index is 0.404. The van der Waals surface area contributed by atoms with E-state index in [0.29, 0.717) is 10.1 Å². The normalized spacial score (nSPS) is 11.0. The number of hydrogen-bond acceptors (Lipinski definition) is 3. The Morgan fingerprint density at radius 3 is 2.59 bits per heavy atom. The molecule has 0 aromatic heterocycles. The van der Waals surface area contributed by atoms with Gasteiger partial charge in [-0.25, -0.2) is 0 Å². The Labute approximate surface area is 140 Å². The molecule has 0 aliphatic rings. The summed E-state index contributed by atoms with van der Waals surface area (Å²) in [6.45, 7) is 1.89. The fourth-order valence-corrected chi connectivity index (χ4v) is 2.04. The van der Waals surface area contributed by atoms with Crippen molar-refractivity contribution in [3.05, 3.63) is 59.1 Å². The summed E-state index contributed by atoms with van der Waals surface area (Å²) in [4.78, 5) is 0. The number of ether oxygens (including phenoxy) is 1. The molecule has 2 rings (SSSR count). The van der Waals surface area contributed by atoms with E-state index in [1.807, 2.05) is 55.5 Å². The molecule has 0 saturated carbocycles. The molecule has 0 bridgehead atoms. The average molecular weight is 334 g/mol. The van der Waals surface area contributed by atoms with Crippen LogP contribution in [-0.2, 0) is 0 Å². The predicted molar refractivity (Wildman–Crippen MR) is 96.0 cm³/mol. The third-order valence-electron chi connectivity index (χ3n) is 2.91. The highest BCUT2D eigenvalue weighted by Crippen LogP contribution is 2.16. The lowest BCUT2D eigenvalue weighted by molar-refractivity contribution is 0.415. The molecule has 0 fully saturated rings. The van der Waals surface area contributed by atoms with Gasteiger partial charge in [-0.05, 0) is 49.0 Å². The predicted octanol–water partition coefficient (Wildman–Crippen LogP) is 4.06. The minimum atomic E-state index is 0.404. The van der Waals surface area contributed by atoms with Gasteiger partial charge in [0.1, 0.15) is 5.75 Å². The zero-order valence-electron chi connectivity index (χ0n) is 12.3. The molecule has 0 aliphatic carbocycles. The summed E-state index contributed by atoms with van der Waals surface area (Å²) < 4.78 is 5.16. The van der Waals surface area contributed by atoms with Crippen LogP contribution in [0.4, 0.5) is 5.69 Å². The number of anilines is 1. The Hall–Kier alpha value is -2.11. The number of halogens is 1. The molecular weight excluding hydrogens is 318 g/mol. The van der Waals surface area contributed by atoms with E-state index in [9.17, 15) is 0 Å². The first-order chi connectivity index (χ1) is 10.6. The fourth-order valence-electron chi connectivity index (χ4n) is 1.75. The highest BCUT2D eigenvalue weighted by molar-refractivity contribution is 7.80. The zero-order chi connectivity index (χ0) is 15.9. The molecule has 2 N–H and O–H groups in total. The number of nitrogens with zero attached hydrogens (tertiary/aromatic N) is 1. The van der Waals surface area contributed by atoms with Crippen LogP contribution < -0.4 is 15.5 Å². The number of rotatable bonds is 4. The second-order valence-corrected chi connectivity index (χ2v) is 5.35. The number of thiocarbonyl (C=S) groups is 1. The second-order valence-electron chi connectivity index (χ2n) is 4.50. The van der Waals surface area contributed by atoms with Crippen LogP contribution in [0.5, 0.6) is 5.75 Å². The first-order valence-electron chi connectivity index (χ1n) is 6.60. The molecule has 2 aromatic rings. The number of benzene rings is 2. The molecule has 0 radical (unpaired) electrons. The van der Waals surface area contributed by atoms with Gasteiger partial charge < -0.3 is 10.1 Å². The molecule has 0 aliphatic heterocycles. The molecule has 0 amide bonds. The van der Waals surface area contributed by atoms with Gasteiger partial charge in [0.2, 0.25) is 0 Å². The van der Waals surface area contributed by atoms with Gasteiger partial charge in [0.15, 0.2) is 5.11 Å². The maximum absolute atomic E-state index is 5.86. The standard InChI is InChI=1S/C16H16ClN3OS/c1-11(12-6-8-13(17)9-7-12)19-20-16(22)18-14-4-3-5-15(10-14)21-2/h3-10H,1-2H3,(H2,18,20,22)/b19-11-. The Morgan fingerprint density at radius 1 is 1.18 bits per heavy atom. The summed E-state index contributed by atoms with van der Waals surface area (Å²) in [7, 11) is 1.62. The molecule has 2 aromatic carbocycles. The smallest absolute Gasteiger partial charge is 0.191 e. The van der Waals surface area contributed by atoms with E-state index >= 15 is 0 Å². The molecule has 22 heavy (non-hydrogen) atoms. The van der Waals surface area contributed by atoms with Gasteiger partial charge in [-0.3, -0.25) is 5.43 Å². The lowest BCUT2D eigenvalue weighted by Crippen LogP contribution is -2.24. The first kappa shape index (κ1) is 16.3. The van der Waals surface area contributed by atoms with Crippen molar-refractivity contribution in [1.29, 1.82) is 0 Å². The third-order valence-corrected chi connectivity index (χ3v) is 3.36. The van der Waals surface area contributed by atoms with Gasteiger partial charge in [-0.15, -0.1) is 0 Å². The number of methoxy groups -OCH3 is 1. The van der Waals surface area contributed by atoms with E-state index in [1.54, 1.807) is 7.11 Å². The Kier molecular flexibility index (Phi) is 5.75. The molecule has 6 heteroatoms. The second kappa shape index (κ2) is 7.77. The maximum atomic E-state index is 5.86. The summed E-state index contributed by atoms with van der Waals surface area (Å²) in [5, 5.41) is 8.39. The highest BCUT2D eigenvalue weighted by Gasteiger charge is 2.00. The maximum Gasteiger partial charge on any atom is 0.191 e. The van der Waals surface area contributed by atoms with Crippen molar-refractivity contribution in [1.82, 2.24) is 5.43 Å². The fraction of sp³-hybridized carbons (Fsp3) is 0.125. The molecule has 0 unspecified atom stereocenters. The zero-order valence-corrected chi connectivity index (χ0v) is 13.8. The van der Waals surface area contributed by atoms with Crippen molar-refractivity contribution < 1.29 is 4.74 Å². The minimum Gasteiger partial charge on any atom is -0.497 e. The van der Waals surface area contributed by atoms with Crippen molar-refractivity contribution >= 4 is 40.3 Å². The van der Waals surface area contributed by atoms with Gasteiger partial charge in [-0.1, -0.05) is 29.8 Å². The van der Waals surface area contributed by atoms with Gasteiger partial charge >= 0.3 is 0 Å². The van der Waals surface area contributed by atoms with Crippen LogP contribution in [-0.4, -0.2) is 17.9 Å². The molecule has 4 nitrogen and oxygen atoms in total. The lowest BCUT2D eigenvalue weighted by atomic mass is 10.1. The van der Waals surface area contributed by atoms with Crippen molar-refractivity contribution in [2.75, 3.05) is 12.4 Å². The van der Waals surface area contributed by atoms with E-state index in [4.69, 9.17) is 28.6 Å². The van der Waals surface area contributed by atoms with Crippen LogP contribution in [0.2, 0.25) is 5.02 Å². The summed E-state index contributed by atoms with van der Waals surface area (Å²) in [6.07, 6.45) is 0. The highest BCUT2D eigenvalue weighted by atomic mass is 35.5. The molecule has 0 saturated heterocycles. The van der Waals surface area contributed by atoms with Gasteiger partial charge in [0, 0.05) is 16.8 Å². The van der Waals surface area contributed by atoms with Crippen molar-refractivity contribution in [3.8, 4) is 5.75 Å². The molecule has 114 valence electrons. The number of hydrazone groups is 1. The van der Waals surface area contributed by atoms with E-state index in [1.165, 1.54) is 0 Å². The molecule has 0 heterocycles. The summed E-state index contributed by atoms with van der Waals surface area (Å²) in [5.41, 5.74) is 5.43. The Morgan fingerprint density at radius 2 is 1.91 bits per heavy atom. The SMILES string of the molecule is COc1cccc(NC(=S)N/N=C(/C)c2ccc(Cl)cc2)c1. The lowest BCUT2D eigenvalue weighted by Gasteiger charge is -2.09. The van der Waals surface area contributed by atoms with E-state index in [0.717, 1.165) is 22.7 Å². The number of hydrogen-bond donors (Lipinski definition) is 2. The van der Waals surface area contributed by atoms with E-state index < -0.39 is 0 Å². The van der Waals surface area contributed by atoms with Crippen LogP contribution in [0.15, 0.2) is 53.6 Å². The van der Waals surface area contributed by atoms with Crippen molar-refractivity contribution in [2.45, 2.75) is 6.92 Å². The van der Waals surface area contributed by atoms with Crippen molar-refractivity contribution in [3.63, 3.8) is 0 Å². The monoisotopic (exact) mass is 333 g/mol. The summed E-state index contributed by atoms with van der Waals surface area (Å²) in [5.74, 6) is 0.758.